The summed E-state index contributed by atoms with van der Waals surface area (Å²) in [5.74, 6) is -0.921. The summed E-state index contributed by atoms with van der Waals surface area (Å²) >= 11 is 3.91. The molecule has 18 heavy (non-hydrogen) atoms. The number of aryl methyl sites for hydroxylation is 1. The number of carboxylic acid groups (broad SMARTS) is 1. The highest BCUT2D eigenvalue weighted by Gasteiger charge is 2.03. The van der Waals surface area contributed by atoms with Crippen LogP contribution in [0.4, 0.5) is 0 Å². The molecule has 0 amide bonds. The van der Waals surface area contributed by atoms with Gasteiger partial charge < -0.3 is 5.11 Å². The number of thiophene rings is 1. The molecular weight excluding hydrogens is 359 g/mol. The Balaban J connectivity index is 2.29. The van der Waals surface area contributed by atoms with Gasteiger partial charge in [0.15, 0.2) is 0 Å². The first-order chi connectivity index (χ1) is 8.56. The molecule has 4 heteroatoms. The highest BCUT2D eigenvalue weighted by atomic mass is 127. The van der Waals surface area contributed by atoms with Crippen LogP contribution in [0.25, 0.3) is 16.5 Å². The van der Waals surface area contributed by atoms with Crippen LogP contribution in [0, 0.1) is 10.5 Å². The summed E-state index contributed by atoms with van der Waals surface area (Å²) in [6, 6.07) is 10.3. The fourth-order valence-corrected chi connectivity index (χ4v) is 2.92. The summed E-state index contributed by atoms with van der Waals surface area (Å²) in [5, 5.41) is 8.58. The van der Waals surface area contributed by atoms with Gasteiger partial charge in [0.05, 0.1) is 0 Å². The number of aliphatic carboxylic acids is 1. The minimum Gasteiger partial charge on any atom is -0.478 e. The van der Waals surface area contributed by atoms with E-state index in [4.69, 9.17) is 5.11 Å². The first-order valence-corrected chi connectivity index (χ1v) is 7.23. The molecule has 2 rings (SSSR count). The highest BCUT2D eigenvalue weighted by Crippen LogP contribution is 2.30. The summed E-state index contributed by atoms with van der Waals surface area (Å²) in [6.45, 7) is 2.08. The Labute approximate surface area is 123 Å². The quantitative estimate of drug-likeness (QED) is 0.641. The average molecular weight is 370 g/mol. The molecule has 0 saturated carbocycles. The van der Waals surface area contributed by atoms with Crippen molar-refractivity contribution in [2.75, 3.05) is 0 Å². The van der Waals surface area contributed by atoms with Crippen LogP contribution in [0.15, 0.2) is 36.4 Å². The second-order valence-corrected chi connectivity index (χ2v) is 6.12. The Morgan fingerprint density at radius 3 is 2.78 bits per heavy atom. The largest absolute Gasteiger partial charge is 0.478 e. The zero-order valence-corrected chi connectivity index (χ0v) is 12.7. The molecule has 0 bridgehead atoms. The second kappa shape index (κ2) is 5.67. The van der Waals surface area contributed by atoms with Crippen molar-refractivity contribution >= 4 is 46.0 Å². The molecule has 1 aromatic heterocycles. The van der Waals surface area contributed by atoms with E-state index >= 15 is 0 Å². The number of benzene rings is 1. The third kappa shape index (κ3) is 3.20. The minimum atomic E-state index is -0.921. The van der Waals surface area contributed by atoms with Gasteiger partial charge in [0.25, 0.3) is 0 Å². The van der Waals surface area contributed by atoms with Crippen LogP contribution in [0.3, 0.4) is 0 Å². The number of carbonyl (C=O) groups is 1. The third-order valence-corrected chi connectivity index (χ3v) is 4.74. The summed E-state index contributed by atoms with van der Waals surface area (Å²) in [4.78, 5) is 12.5. The summed E-state index contributed by atoms with van der Waals surface area (Å²) in [5.41, 5.74) is 2.44. The number of hydrogen-bond acceptors (Lipinski definition) is 2. The van der Waals surface area contributed by atoms with E-state index in [1.54, 1.807) is 17.4 Å². The van der Waals surface area contributed by atoms with E-state index in [0.29, 0.717) is 0 Å². The topological polar surface area (TPSA) is 37.3 Å². The molecular formula is C14H11IO2S. The molecule has 0 aliphatic carbocycles. The highest BCUT2D eigenvalue weighted by molar-refractivity contribution is 14.1. The predicted octanol–water partition coefficient (Wildman–Crippen LogP) is 4.43. The molecule has 0 aliphatic heterocycles. The third-order valence-electron chi connectivity index (χ3n) is 2.47. The van der Waals surface area contributed by atoms with Gasteiger partial charge in [-0.25, -0.2) is 4.79 Å². The van der Waals surface area contributed by atoms with Gasteiger partial charge in [0, 0.05) is 19.4 Å². The number of rotatable bonds is 3. The zero-order valence-electron chi connectivity index (χ0n) is 9.68. The van der Waals surface area contributed by atoms with Gasteiger partial charge in [0.1, 0.15) is 0 Å². The lowest BCUT2D eigenvalue weighted by Gasteiger charge is -2.01. The molecule has 1 aromatic carbocycles. The van der Waals surface area contributed by atoms with Gasteiger partial charge >= 0.3 is 5.97 Å². The first kappa shape index (κ1) is 13.3. The molecule has 0 fully saturated rings. The monoisotopic (exact) mass is 370 g/mol. The molecule has 1 N–H and O–H groups in total. The fraction of sp³-hybridized carbons (Fsp3) is 0.0714. The maximum absolute atomic E-state index is 10.4. The van der Waals surface area contributed by atoms with Crippen molar-refractivity contribution < 1.29 is 9.90 Å². The van der Waals surface area contributed by atoms with Crippen LogP contribution >= 0.6 is 33.9 Å². The van der Waals surface area contributed by atoms with Crippen molar-refractivity contribution in [3.05, 3.63) is 50.4 Å². The summed E-state index contributed by atoms with van der Waals surface area (Å²) < 4.78 is 1.24. The molecule has 0 unspecified atom stereocenters. The number of hydrogen-bond donors (Lipinski definition) is 1. The SMILES string of the molecule is Cc1ccc(-c2ccc(/C=C/C(=O)O)s2)cc1I. The van der Waals surface area contributed by atoms with E-state index in [2.05, 4.69) is 47.7 Å². The van der Waals surface area contributed by atoms with Crippen LogP contribution < -0.4 is 0 Å². The zero-order chi connectivity index (χ0) is 13.1. The van der Waals surface area contributed by atoms with Gasteiger partial charge in [-0.1, -0.05) is 12.1 Å². The van der Waals surface area contributed by atoms with Crippen molar-refractivity contribution in [1.82, 2.24) is 0 Å². The molecule has 2 aromatic rings. The van der Waals surface area contributed by atoms with Crippen molar-refractivity contribution in [3.8, 4) is 10.4 Å². The van der Waals surface area contributed by atoms with Crippen LogP contribution in [-0.2, 0) is 4.79 Å². The summed E-state index contributed by atoms with van der Waals surface area (Å²) in [7, 11) is 0. The molecule has 0 atom stereocenters. The maximum Gasteiger partial charge on any atom is 0.328 e. The average Bonchev–Trinajstić information content (AvgIpc) is 2.79. The lowest BCUT2D eigenvalue weighted by atomic mass is 10.1. The maximum atomic E-state index is 10.4. The Bertz CT molecular complexity index is 614. The van der Waals surface area contributed by atoms with E-state index in [1.165, 1.54) is 14.7 Å². The van der Waals surface area contributed by atoms with Crippen LogP contribution in [0.1, 0.15) is 10.4 Å². The predicted molar refractivity (Wildman–Crippen MR) is 83.9 cm³/mol. The van der Waals surface area contributed by atoms with E-state index in [-0.39, 0.29) is 0 Å². The van der Waals surface area contributed by atoms with Crippen molar-refractivity contribution in [2.24, 2.45) is 0 Å². The van der Waals surface area contributed by atoms with Gasteiger partial charge in [-0.15, -0.1) is 11.3 Å². The smallest absolute Gasteiger partial charge is 0.328 e. The lowest BCUT2D eigenvalue weighted by Crippen LogP contribution is -1.84. The van der Waals surface area contributed by atoms with Crippen LogP contribution in [0.5, 0.6) is 0 Å². The molecule has 0 radical (unpaired) electrons. The first-order valence-electron chi connectivity index (χ1n) is 5.33. The van der Waals surface area contributed by atoms with E-state index in [0.717, 1.165) is 15.8 Å². The van der Waals surface area contributed by atoms with E-state index in [9.17, 15) is 4.79 Å². The normalized spacial score (nSPS) is 11.0. The van der Waals surface area contributed by atoms with Gasteiger partial charge in [0.2, 0.25) is 0 Å². The molecule has 0 spiro atoms. The Kier molecular flexibility index (Phi) is 4.19. The van der Waals surface area contributed by atoms with Crippen LogP contribution in [-0.4, -0.2) is 11.1 Å². The fourth-order valence-electron chi connectivity index (χ4n) is 1.50. The Morgan fingerprint density at radius 1 is 1.33 bits per heavy atom. The number of carboxylic acids is 1. The Hall–Kier alpha value is -1.14. The molecule has 0 aliphatic rings. The van der Waals surface area contributed by atoms with Crippen LogP contribution in [0.2, 0.25) is 0 Å². The van der Waals surface area contributed by atoms with Crippen molar-refractivity contribution in [3.63, 3.8) is 0 Å². The standard InChI is InChI=1S/C14H11IO2S/c1-9-2-3-10(8-12(9)15)13-6-4-11(18-13)5-7-14(16)17/h2-8H,1H3,(H,16,17)/b7-5+. The van der Waals surface area contributed by atoms with Crippen molar-refractivity contribution in [1.29, 1.82) is 0 Å². The lowest BCUT2D eigenvalue weighted by molar-refractivity contribution is -0.131. The number of halogens is 1. The Morgan fingerprint density at radius 2 is 2.11 bits per heavy atom. The molecule has 0 saturated heterocycles. The van der Waals surface area contributed by atoms with E-state index < -0.39 is 5.97 Å². The minimum absolute atomic E-state index is 0.921. The van der Waals surface area contributed by atoms with E-state index in [1.807, 2.05) is 12.1 Å². The summed E-state index contributed by atoms with van der Waals surface area (Å²) in [6.07, 6.45) is 2.78. The van der Waals surface area contributed by atoms with Gasteiger partial charge in [-0.2, -0.15) is 0 Å². The second-order valence-electron chi connectivity index (χ2n) is 3.84. The molecule has 1 heterocycles. The van der Waals surface area contributed by atoms with Gasteiger partial charge in [-0.3, -0.25) is 0 Å². The molecule has 92 valence electrons. The van der Waals surface area contributed by atoms with Crippen molar-refractivity contribution in [2.45, 2.75) is 6.92 Å². The van der Waals surface area contributed by atoms with Gasteiger partial charge in [-0.05, 0) is 64.9 Å². The molecule has 2 nitrogen and oxygen atoms in total.